The van der Waals surface area contributed by atoms with Crippen LogP contribution in [0.15, 0.2) is 72.1 Å². The maximum absolute atomic E-state index is 12.9. The second-order valence-electron chi connectivity index (χ2n) is 5.40. The maximum Gasteiger partial charge on any atom is 0.337 e. The summed E-state index contributed by atoms with van der Waals surface area (Å²) >= 11 is 0. The van der Waals surface area contributed by atoms with Crippen molar-refractivity contribution >= 4 is 16.0 Å². The lowest BCUT2D eigenvalue weighted by molar-refractivity contribution is 0.0600. The number of carbonyl (C=O) groups excluding carboxylic acids is 1. The molecule has 0 unspecified atom stereocenters. The molecule has 0 aromatic heterocycles. The summed E-state index contributed by atoms with van der Waals surface area (Å²) in [5.41, 5.74) is 1.37. The number of esters is 1. The van der Waals surface area contributed by atoms with E-state index in [1.54, 1.807) is 6.08 Å². The summed E-state index contributed by atoms with van der Waals surface area (Å²) in [6.07, 6.45) is 2.17. The summed E-state index contributed by atoms with van der Waals surface area (Å²) < 4.78 is 31.7. The Balaban J connectivity index is 2.20. The largest absolute Gasteiger partial charge is 0.465 e. The van der Waals surface area contributed by atoms with Crippen LogP contribution in [-0.2, 0) is 21.2 Å². The molecule has 5 nitrogen and oxygen atoms in total. The number of rotatable bonds is 8. The van der Waals surface area contributed by atoms with E-state index < -0.39 is 16.0 Å². The van der Waals surface area contributed by atoms with Gasteiger partial charge in [-0.25, -0.2) is 13.2 Å². The van der Waals surface area contributed by atoms with Crippen molar-refractivity contribution in [3.05, 3.63) is 78.4 Å². The van der Waals surface area contributed by atoms with Crippen molar-refractivity contribution in [3.8, 4) is 0 Å². The minimum atomic E-state index is -3.67. The van der Waals surface area contributed by atoms with Gasteiger partial charge in [0.1, 0.15) is 0 Å². The summed E-state index contributed by atoms with van der Waals surface area (Å²) in [6.45, 7) is 4.20. The molecule has 0 spiro atoms. The Bertz CT molecular complexity index is 814. The molecule has 25 heavy (non-hydrogen) atoms. The summed E-state index contributed by atoms with van der Waals surface area (Å²) in [6, 6.07) is 15.4. The molecule has 0 saturated heterocycles. The van der Waals surface area contributed by atoms with Crippen LogP contribution in [0.5, 0.6) is 0 Å². The van der Waals surface area contributed by atoms with Crippen LogP contribution in [0.2, 0.25) is 0 Å². The molecule has 2 rings (SSSR count). The molecule has 6 heteroatoms. The number of methoxy groups -OCH3 is 1. The van der Waals surface area contributed by atoms with Crippen molar-refractivity contribution in [2.24, 2.45) is 0 Å². The molecule has 0 aliphatic heterocycles. The molecule has 0 fully saturated rings. The molecule has 0 heterocycles. The predicted molar refractivity (Wildman–Crippen MR) is 96.9 cm³/mol. The third-order valence-corrected chi connectivity index (χ3v) is 5.62. The second kappa shape index (κ2) is 8.60. The van der Waals surface area contributed by atoms with E-state index in [2.05, 4.69) is 11.3 Å². The van der Waals surface area contributed by atoms with Gasteiger partial charge < -0.3 is 4.74 Å². The van der Waals surface area contributed by atoms with Gasteiger partial charge in [0.05, 0.1) is 17.6 Å². The van der Waals surface area contributed by atoms with Crippen molar-refractivity contribution in [1.29, 1.82) is 0 Å². The van der Waals surface area contributed by atoms with Gasteiger partial charge >= 0.3 is 5.97 Å². The third-order valence-electron chi connectivity index (χ3n) is 3.74. The average molecular weight is 359 g/mol. The Morgan fingerprint density at radius 1 is 1.12 bits per heavy atom. The molecule has 0 bridgehead atoms. The molecule has 0 saturated carbocycles. The maximum atomic E-state index is 12.9. The monoisotopic (exact) mass is 359 g/mol. The smallest absolute Gasteiger partial charge is 0.337 e. The van der Waals surface area contributed by atoms with Crippen molar-refractivity contribution in [2.75, 3.05) is 20.2 Å². The first kappa shape index (κ1) is 18.9. The van der Waals surface area contributed by atoms with E-state index in [-0.39, 0.29) is 11.4 Å². The highest BCUT2D eigenvalue weighted by atomic mass is 32.2. The highest BCUT2D eigenvalue weighted by Crippen LogP contribution is 2.18. The molecule has 2 aromatic carbocycles. The molecular formula is C19H21NO4S. The van der Waals surface area contributed by atoms with Crippen molar-refractivity contribution in [2.45, 2.75) is 11.3 Å². The summed E-state index contributed by atoms with van der Waals surface area (Å²) in [4.78, 5) is 11.6. The number of nitrogens with zero attached hydrogens (tertiary/aromatic N) is 1. The number of sulfonamides is 1. The zero-order valence-electron chi connectivity index (χ0n) is 14.1. The van der Waals surface area contributed by atoms with E-state index in [1.165, 1.54) is 35.7 Å². The van der Waals surface area contributed by atoms with Gasteiger partial charge in [0.2, 0.25) is 10.0 Å². The number of benzene rings is 2. The number of ether oxygens (including phenoxy) is 1. The van der Waals surface area contributed by atoms with Gasteiger partial charge in [-0.1, -0.05) is 36.4 Å². The molecule has 132 valence electrons. The van der Waals surface area contributed by atoms with Crippen LogP contribution in [0.4, 0.5) is 0 Å². The van der Waals surface area contributed by atoms with Crippen LogP contribution >= 0.6 is 0 Å². The van der Waals surface area contributed by atoms with Crippen LogP contribution in [0, 0.1) is 0 Å². The fourth-order valence-electron chi connectivity index (χ4n) is 2.38. The molecule has 0 atom stereocenters. The molecule has 2 aromatic rings. The predicted octanol–water partition coefficient (Wildman–Crippen LogP) is 2.89. The molecule has 0 aliphatic rings. The van der Waals surface area contributed by atoms with Crippen LogP contribution in [0.25, 0.3) is 0 Å². The topological polar surface area (TPSA) is 63.7 Å². The van der Waals surface area contributed by atoms with Gasteiger partial charge in [0, 0.05) is 13.1 Å². The average Bonchev–Trinajstić information content (AvgIpc) is 2.65. The molecule has 0 aliphatic carbocycles. The van der Waals surface area contributed by atoms with Gasteiger partial charge in [0.25, 0.3) is 0 Å². The van der Waals surface area contributed by atoms with Crippen molar-refractivity contribution in [1.82, 2.24) is 4.31 Å². The van der Waals surface area contributed by atoms with Gasteiger partial charge in [-0.3, -0.25) is 0 Å². The molecule has 0 radical (unpaired) electrons. The highest BCUT2D eigenvalue weighted by molar-refractivity contribution is 7.89. The fraction of sp³-hybridized carbons (Fsp3) is 0.211. The first-order valence-corrected chi connectivity index (χ1v) is 9.26. The second-order valence-corrected chi connectivity index (χ2v) is 7.34. The van der Waals surface area contributed by atoms with Gasteiger partial charge in [-0.15, -0.1) is 6.58 Å². The van der Waals surface area contributed by atoms with E-state index in [9.17, 15) is 13.2 Å². The lowest BCUT2D eigenvalue weighted by atomic mass is 10.1. The minimum absolute atomic E-state index is 0.134. The number of hydrogen-bond acceptors (Lipinski definition) is 4. The first-order valence-electron chi connectivity index (χ1n) is 7.82. The Kier molecular flexibility index (Phi) is 6.50. The first-order chi connectivity index (χ1) is 12.0. The third kappa shape index (κ3) is 4.78. The highest BCUT2D eigenvalue weighted by Gasteiger charge is 2.23. The number of hydrogen-bond donors (Lipinski definition) is 0. The summed E-state index contributed by atoms with van der Waals surface area (Å²) in [7, 11) is -2.39. The number of carbonyl (C=O) groups is 1. The van der Waals surface area contributed by atoms with Crippen LogP contribution in [0.1, 0.15) is 15.9 Å². The molecule has 0 N–H and O–H groups in total. The quantitative estimate of drug-likeness (QED) is 0.537. The SMILES string of the molecule is C=CCN(CCc1ccccc1)S(=O)(=O)c1ccc(C(=O)OC)cc1. The van der Waals surface area contributed by atoms with Crippen LogP contribution in [0.3, 0.4) is 0 Å². The Labute approximate surface area is 148 Å². The lowest BCUT2D eigenvalue weighted by Crippen LogP contribution is -2.33. The van der Waals surface area contributed by atoms with E-state index in [0.29, 0.717) is 18.5 Å². The van der Waals surface area contributed by atoms with E-state index in [0.717, 1.165) is 5.56 Å². The Morgan fingerprint density at radius 2 is 1.76 bits per heavy atom. The zero-order chi connectivity index (χ0) is 18.3. The van der Waals surface area contributed by atoms with Gasteiger partial charge in [0.15, 0.2) is 0 Å². The van der Waals surface area contributed by atoms with E-state index in [4.69, 9.17) is 0 Å². The Hall–Kier alpha value is -2.44. The summed E-state index contributed by atoms with van der Waals surface area (Å²) in [5.74, 6) is -0.504. The van der Waals surface area contributed by atoms with Crippen LogP contribution in [-0.4, -0.2) is 38.9 Å². The van der Waals surface area contributed by atoms with Gasteiger partial charge in [-0.2, -0.15) is 4.31 Å². The minimum Gasteiger partial charge on any atom is -0.465 e. The van der Waals surface area contributed by atoms with E-state index in [1.807, 2.05) is 30.3 Å². The lowest BCUT2D eigenvalue weighted by Gasteiger charge is -2.21. The normalized spacial score (nSPS) is 11.3. The van der Waals surface area contributed by atoms with Crippen LogP contribution < -0.4 is 0 Å². The van der Waals surface area contributed by atoms with E-state index >= 15 is 0 Å². The van der Waals surface area contributed by atoms with Crippen molar-refractivity contribution < 1.29 is 17.9 Å². The van der Waals surface area contributed by atoms with Gasteiger partial charge in [-0.05, 0) is 36.2 Å². The molecule has 0 amide bonds. The zero-order valence-corrected chi connectivity index (χ0v) is 14.9. The molecular weight excluding hydrogens is 338 g/mol. The standard InChI is InChI=1S/C19H21NO4S/c1-3-14-20(15-13-16-7-5-4-6-8-16)25(22,23)18-11-9-17(10-12-18)19(21)24-2/h3-12H,1,13-15H2,2H3. The summed E-state index contributed by atoms with van der Waals surface area (Å²) in [5, 5.41) is 0. The van der Waals surface area contributed by atoms with Crippen molar-refractivity contribution in [3.63, 3.8) is 0 Å². The fourth-order valence-corrected chi connectivity index (χ4v) is 3.79. The Morgan fingerprint density at radius 3 is 2.32 bits per heavy atom.